The first-order valence-electron chi connectivity index (χ1n) is 11.5. The fourth-order valence-electron chi connectivity index (χ4n) is 3.69. The Hall–Kier alpha value is -3.94. The van der Waals surface area contributed by atoms with Crippen LogP contribution in [0, 0.1) is 6.92 Å². The van der Waals surface area contributed by atoms with E-state index >= 15 is 0 Å². The minimum atomic E-state index is -0.364. The Morgan fingerprint density at radius 1 is 1.00 bits per heavy atom. The molecule has 7 nitrogen and oxygen atoms in total. The number of methoxy groups -OCH3 is 1. The third-order valence-electron chi connectivity index (χ3n) is 5.62. The van der Waals surface area contributed by atoms with E-state index in [9.17, 15) is 9.59 Å². The molecule has 0 atom stereocenters. The maximum absolute atomic E-state index is 13.1. The molecule has 0 aliphatic heterocycles. The predicted octanol–water partition coefficient (Wildman–Crippen LogP) is 5.23. The van der Waals surface area contributed by atoms with Gasteiger partial charge in [0.05, 0.1) is 12.3 Å². The zero-order valence-electron chi connectivity index (χ0n) is 20.1. The van der Waals surface area contributed by atoms with E-state index in [0.717, 1.165) is 16.8 Å². The van der Waals surface area contributed by atoms with Crippen LogP contribution in [0.3, 0.4) is 0 Å². The summed E-state index contributed by atoms with van der Waals surface area (Å²) in [6.45, 7) is 2.45. The average molecular weight is 503 g/mol. The van der Waals surface area contributed by atoms with Gasteiger partial charge in [-0.25, -0.2) is 4.98 Å². The SMILES string of the molecule is COCCN(CC(=O)Nc1nc(-c2ccc(Cl)cc2)cn1-c1ccc(C)cc1)C(=O)c1ccccc1. The van der Waals surface area contributed by atoms with Crippen molar-refractivity contribution in [3.63, 3.8) is 0 Å². The lowest BCUT2D eigenvalue weighted by Gasteiger charge is -2.22. The second-order valence-electron chi connectivity index (χ2n) is 8.30. The van der Waals surface area contributed by atoms with Gasteiger partial charge in [-0.1, -0.05) is 59.6 Å². The topological polar surface area (TPSA) is 76.5 Å². The van der Waals surface area contributed by atoms with E-state index < -0.39 is 0 Å². The van der Waals surface area contributed by atoms with Crippen LogP contribution in [0.4, 0.5) is 5.95 Å². The lowest BCUT2D eigenvalue weighted by Crippen LogP contribution is -2.40. The summed E-state index contributed by atoms with van der Waals surface area (Å²) >= 11 is 6.05. The minimum Gasteiger partial charge on any atom is -0.383 e. The number of aromatic nitrogens is 2. The molecule has 1 aromatic heterocycles. The van der Waals surface area contributed by atoms with Crippen LogP contribution in [0.5, 0.6) is 0 Å². The van der Waals surface area contributed by atoms with Crippen molar-refractivity contribution in [2.75, 3.05) is 32.1 Å². The number of aryl methyl sites for hydroxylation is 1. The van der Waals surface area contributed by atoms with Gasteiger partial charge in [0.1, 0.15) is 6.54 Å². The largest absolute Gasteiger partial charge is 0.383 e. The smallest absolute Gasteiger partial charge is 0.254 e. The first kappa shape index (κ1) is 25.2. The molecule has 4 rings (SSSR count). The molecule has 0 bridgehead atoms. The number of anilines is 1. The summed E-state index contributed by atoms with van der Waals surface area (Å²) in [7, 11) is 1.56. The number of hydrogen-bond acceptors (Lipinski definition) is 4. The van der Waals surface area contributed by atoms with Crippen LogP contribution in [-0.4, -0.2) is 53.1 Å². The number of carbonyl (C=O) groups excluding carboxylic acids is 2. The summed E-state index contributed by atoms with van der Waals surface area (Å²) in [4.78, 5) is 32.3. The number of nitrogens with zero attached hydrogens (tertiary/aromatic N) is 3. The Labute approximate surface area is 215 Å². The minimum absolute atomic E-state index is 0.145. The lowest BCUT2D eigenvalue weighted by atomic mass is 10.2. The normalized spacial score (nSPS) is 10.8. The van der Waals surface area contributed by atoms with Crippen molar-refractivity contribution in [3.05, 3.63) is 101 Å². The number of benzene rings is 3. The summed E-state index contributed by atoms with van der Waals surface area (Å²) in [5.74, 6) is -0.254. The number of amides is 2. The van der Waals surface area contributed by atoms with Gasteiger partial charge in [0, 0.05) is 41.7 Å². The molecule has 0 unspecified atom stereocenters. The van der Waals surface area contributed by atoms with Crippen LogP contribution in [0.2, 0.25) is 5.02 Å². The van der Waals surface area contributed by atoms with E-state index in [1.165, 1.54) is 4.90 Å². The second-order valence-corrected chi connectivity index (χ2v) is 8.73. The predicted molar refractivity (Wildman–Crippen MR) is 142 cm³/mol. The van der Waals surface area contributed by atoms with Gasteiger partial charge in [-0.3, -0.25) is 19.5 Å². The van der Waals surface area contributed by atoms with Crippen LogP contribution in [0.25, 0.3) is 16.9 Å². The second kappa shape index (κ2) is 11.7. The highest BCUT2D eigenvalue weighted by atomic mass is 35.5. The van der Waals surface area contributed by atoms with E-state index in [0.29, 0.717) is 28.8 Å². The molecular weight excluding hydrogens is 476 g/mol. The van der Waals surface area contributed by atoms with E-state index in [1.807, 2.05) is 60.2 Å². The van der Waals surface area contributed by atoms with Crippen molar-refractivity contribution in [1.29, 1.82) is 0 Å². The van der Waals surface area contributed by atoms with E-state index in [4.69, 9.17) is 16.3 Å². The molecule has 0 aliphatic carbocycles. The molecule has 3 aromatic carbocycles. The summed E-state index contributed by atoms with van der Waals surface area (Å²) in [6.07, 6.45) is 1.86. The molecule has 0 saturated carbocycles. The van der Waals surface area contributed by atoms with Crippen LogP contribution in [-0.2, 0) is 9.53 Å². The Kier molecular flexibility index (Phi) is 8.15. The molecule has 4 aromatic rings. The molecule has 2 amide bonds. The molecule has 0 spiro atoms. The first-order valence-corrected chi connectivity index (χ1v) is 11.9. The van der Waals surface area contributed by atoms with Crippen molar-refractivity contribution in [1.82, 2.24) is 14.5 Å². The molecular formula is C28H27ClN4O3. The highest BCUT2D eigenvalue weighted by Gasteiger charge is 2.21. The fraction of sp³-hybridized carbons (Fsp3) is 0.179. The van der Waals surface area contributed by atoms with Gasteiger partial charge < -0.3 is 9.64 Å². The molecule has 36 heavy (non-hydrogen) atoms. The van der Waals surface area contributed by atoms with Gasteiger partial charge in [0.25, 0.3) is 5.91 Å². The number of rotatable bonds is 9. The van der Waals surface area contributed by atoms with Gasteiger partial charge in [-0.05, 0) is 43.3 Å². The molecule has 184 valence electrons. The van der Waals surface area contributed by atoms with Crippen molar-refractivity contribution in [2.24, 2.45) is 0 Å². The third kappa shape index (κ3) is 6.19. The van der Waals surface area contributed by atoms with Crippen molar-refractivity contribution in [3.8, 4) is 16.9 Å². The van der Waals surface area contributed by atoms with Gasteiger partial charge in [0.15, 0.2) is 0 Å². The van der Waals surface area contributed by atoms with Gasteiger partial charge in [-0.2, -0.15) is 0 Å². The zero-order chi connectivity index (χ0) is 25.5. The van der Waals surface area contributed by atoms with Crippen LogP contribution in [0.1, 0.15) is 15.9 Å². The fourth-order valence-corrected chi connectivity index (χ4v) is 3.81. The molecule has 0 radical (unpaired) electrons. The summed E-state index contributed by atoms with van der Waals surface area (Å²) in [6, 6.07) is 24.1. The monoisotopic (exact) mass is 502 g/mol. The number of carbonyl (C=O) groups is 2. The Balaban J connectivity index is 1.60. The Morgan fingerprint density at radius 2 is 1.69 bits per heavy atom. The third-order valence-corrected chi connectivity index (χ3v) is 5.87. The molecule has 0 saturated heterocycles. The van der Waals surface area contributed by atoms with Gasteiger partial charge in [-0.15, -0.1) is 0 Å². The van der Waals surface area contributed by atoms with E-state index in [2.05, 4.69) is 10.3 Å². The number of nitrogens with one attached hydrogen (secondary N) is 1. The Bertz CT molecular complexity index is 1320. The van der Waals surface area contributed by atoms with Crippen molar-refractivity contribution >= 4 is 29.4 Å². The summed E-state index contributed by atoms with van der Waals surface area (Å²) in [5, 5.41) is 3.52. The molecule has 8 heteroatoms. The molecule has 0 aliphatic rings. The summed E-state index contributed by atoms with van der Waals surface area (Å²) in [5.41, 5.74) is 4.02. The van der Waals surface area contributed by atoms with Crippen LogP contribution < -0.4 is 5.32 Å². The Morgan fingerprint density at radius 3 is 2.36 bits per heavy atom. The van der Waals surface area contributed by atoms with E-state index in [1.54, 1.807) is 43.5 Å². The highest BCUT2D eigenvalue weighted by molar-refractivity contribution is 6.30. The molecule has 1 N–H and O–H groups in total. The maximum atomic E-state index is 13.1. The van der Waals surface area contributed by atoms with Crippen LogP contribution in [0.15, 0.2) is 85.1 Å². The van der Waals surface area contributed by atoms with Crippen LogP contribution >= 0.6 is 11.6 Å². The van der Waals surface area contributed by atoms with Crippen molar-refractivity contribution in [2.45, 2.75) is 6.92 Å². The first-order chi connectivity index (χ1) is 17.4. The van der Waals surface area contributed by atoms with E-state index in [-0.39, 0.29) is 24.9 Å². The van der Waals surface area contributed by atoms with Gasteiger partial charge in [0.2, 0.25) is 11.9 Å². The van der Waals surface area contributed by atoms with Gasteiger partial charge >= 0.3 is 0 Å². The molecule has 0 fully saturated rings. The maximum Gasteiger partial charge on any atom is 0.254 e. The standard InChI is InChI=1S/C28H27ClN4O3/c1-20-8-14-24(15-9-20)33-18-25(21-10-12-23(29)13-11-21)30-28(33)31-26(34)19-32(16-17-36-2)27(35)22-6-4-3-5-7-22/h3-15,18H,16-17,19H2,1-2H3,(H,30,31,34). The number of ether oxygens (including phenoxy) is 1. The lowest BCUT2D eigenvalue weighted by molar-refractivity contribution is -0.117. The highest BCUT2D eigenvalue weighted by Crippen LogP contribution is 2.26. The average Bonchev–Trinajstić information content (AvgIpc) is 3.31. The quantitative estimate of drug-likeness (QED) is 0.340. The zero-order valence-corrected chi connectivity index (χ0v) is 20.9. The number of halogens is 1. The summed E-state index contributed by atoms with van der Waals surface area (Å²) < 4.78 is 6.97. The van der Waals surface area contributed by atoms with Crippen molar-refractivity contribution < 1.29 is 14.3 Å². The molecule has 1 heterocycles. The number of hydrogen-bond donors (Lipinski definition) is 1. The number of imidazole rings is 1.